The zero-order chi connectivity index (χ0) is 27.0. The number of nitrogen functional groups attached to an aromatic ring is 1. The van der Waals surface area contributed by atoms with E-state index in [0.29, 0.717) is 17.6 Å². The van der Waals surface area contributed by atoms with Crippen LogP contribution < -0.4 is 5.73 Å². The van der Waals surface area contributed by atoms with Crippen LogP contribution in [0.5, 0.6) is 0 Å². The van der Waals surface area contributed by atoms with Gasteiger partial charge in [-0.05, 0) is 56.6 Å². The molecule has 7 heterocycles. The van der Waals surface area contributed by atoms with E-state index >= 15 is 0 Å². The van der Waals surface area contributed by atoms with Crippen molar-refractivity contribution in [3.63, 3.8) is 0 Å². The molecule has 1 aliphatic carbocycles. The zero-order valence-corrected chi connectivity index (χ0v) is 22.1. The van der Waals surface area contributed by atoms with Crippen molar-refractivity contribution in [3.8, 4) is 22.5 Å². The number of aromatic amines is 1. The Bertz CT molecular complexity index is 1720. The highest BCUT2D eigenvalue weighted by molar-refractivity contribution is 5.91. The van der Waals surface area contributed by atoms with Crippen molar-refractivity contribution < 1.29 is 4.79 Å². The molecule has 0 radical (unpaired) electrons. The molecule has 202 valence electrons. The van der Waals surface area contributed by atoms with Crippen LogP contribution in [0.25, 0.3) is 28.2 Å². The fraction of sp³-hybridized carbons (Fsp3) is 0.393. The number of piperidine rings is 1. The molecule has 1 saturated carbocycles. The fourth-order valence-corrected chi connectivity index (χ4v) is 6.77. The number of nitrogens with two attached hydrogens (primary N) is 1. The number of anilines is 1. The smallest absolute Gasteiger partial charge is 0.292 e. The van der Waals surface area contributed by atoms with Crippen molar-refractivity contribution in [2.75, 3.05) is 5.73 Å². The molecule has 3 atom stereocenters. The molecule has 0 aromatic carbocycles. The van der Waals surface area contributed by atoms with Gasteiger partial charge in [-0.3, -0.25) is 14.5 Å². The highest BCUT2D eigenvalue weighted by atomic mass is 16.2. The van der Waals surface area contributed by atoms with Gasteiger partial charge in [0, 0.05) is 54.1 Å². The largest absolute Gasteiger partial charge is 0.383 e. The van der Waals surface area contributed by atoms with Crippen LogP contribution in [-0.4, -0.2) is 67.4 Å². The minimum atomic E-state index is -0.0616. The van der Waals surface area contributed by atoms with E-state index in [1.165, 1.54) is 6.33 Å². The predicted molar refractivity (Wildman–Crippen MR) is 146 cm³/mol. The Morgan fingerprint density at radius 1 is 1.02 bits per heavy atom. The first-order valence-electron chi connectivity index (χ1n) is 13.9. The maximum atomic E-state index is 13.2. The molecule has 5 aromatic rings. The van der Waals surface area contributed by atoms with Crippen LogP contribution in [0.15, 0.2) is 43.1 Å². The van der Waals surface area contributed by atoms with Gasteiger partial charge >= 0.3 is 0 Å². The van der Waals surface area contributed by atoms with Gasteiger partial charge in [-0.15, -0.1) is 10.2 Å². The van der Waals surface area contributed by atoms with Crippen LogP contribution in [0.4, 0.5) is 5.82 Å². The lowest BCUT2D eigenvalue weighted by Gasteiger charge is -2.39. The Morgan fingerprint density at radius 2 is 1.85 bits per heavy atom. The van der Waals surface area contributed by atoms with Crippen LogP contribution in [0.2, 0.25) is 0 Å². The Labute approximate surface area is 229 Å². The number of hydrogen-bond acceptors (Lipinski definition) is 8. The highest BCUT2D eigenvalue weighted by Crippen LogP contribution is 2.50. The summed E-state index contributed by atoms with van der Waals surface area (Å²) in [5, 5.41) is 16.9. The summed E-state index contributed by atoms with van der Waals surface area (Å²) in [5.74, 6) is 1.58. The van der Waals surface area contributed by atoms with Gasteiger partial charge in [0.15, 0.2) is 5.65 Å². The van der Waals surface area contributed by atoms with Gasteiger partial charge in [0.05, 0.1) is 17.6 Å². The zero-order valence-electron chi connectivity index (χ0n) is 22.1. The summed E-state index contributed by atoms with van der Waals surface area (Å²) in [7, 11) is 1.89. The van der Waals surface area contributed by atoms with Crippen LogP contribution in [0.1, 0.15) is 72.2 Å². The molecule has 40 heavy (non-hydrogen) atoms. The number of nitrogens with one attached hydrogen (secondary N) is 1. The molecule has 12 nitrogen and oxygen atoms in total. The number of rotatable bonds is 5. The highest BCUT2D eigenvalue weighted by Gasteiger charge is 2.46. The first-order valence-corrected chi connectivity index (χ1v) is 13.9. The lowest BCUT2D eigenvalue weighted by Crippen LogP contribution is -2.46. The predicted octanol–water partition coefficient (Wildman–Crippen LogP) is 3.32. The lowest BCUT2D eigenvalue weighted by molar-refractivity contribution is 0.0557. The van der Waals surface area contributed by atoms with Gasteiger partial charge in [0.1, 0.15) is 17.8 Å². The number of aryl methyl sites for hydroxylation is 1. The van der Waals surface area contributed by atoms with Gasteiger partial charge < -0.3 is 15.6 Å². The molecule has 8 rings (SSSR count). The van der Waals surface area contributed by atoms with E-state index in [-0.39, 0.29) is 23.9 Å². The summed E-state index contributed by atoms with van der Waals surface area (Å²) in [4.78, 5) is 28.1. The Hall–Kier alpha value is -4.61. The van der Waals surface area contributed by atoms with Crippen molar-refractivity contribution in [3.05, 3.63) is 60.2 Å². The van der Waals surface area contributed by atoms with Crippen LogP contribution in [-0.2, 0) is 7.05 Å². The minimum absolute atomic E-state index is 0.0616. The van der Waals surface area contributed by atoms with Crippen molar-refractivity contribution in [1.82, 2.24) is 49.4 Å². The van der Waals surface area contributed by atoms with E-state index in [1.807, 2.05) is 48.7 Å². The number of amides is 1. The molecule has 3 aliphatic rings. The van der Waals surface area contributed by atoms with Crippen LogP contribution >= 0.6 is 0 Å². The van der Waals surface area contributed by atoms with Crippen molar-refractivity contribution in [2.24, 2.45) is 7.05 Å². The second-order valence-corrected chi connectivity index (χ2v) is 11.3. The summed E-state index contributed by atoms with van der Waals surface area (Å²) in [6.07, 6.45) is 13.0. The van der Waals surface area contributed by atoms with E-state index in [0.717, 1.165) is 77.9 Å². The molecular formula is C28H29N11O. The SMILES string of the molecule is Cn1ccc(-c2ccc(-c3cnn4c(N)c(C5CC5)c([C@H]5C[C@H]6CC[C@@H](C5)N6C(=O)c5nnc[nH]5)nc34)cn2)n1. The number of nitrogens with zero attached hydrogens (tertiary/aromatic N) is 9. The molecule has 2 aliphatic heterocycles. The van der Waals surface area contributed by atoms with Gasteiger partial charge in [0.2, 0.25) is 5.82 Å². The van der Waals surface area contributed by atoms with Crippen molar-refractivity contribution in [2.45, 2.75) is 62.4 Å². The molecule has 2 bridgehead atoms. The molecule has 12 heteroatoms. The third-order valence-corrected chi connectivity index (χ3v) is 8.76. The quantitative estimate of drug-likeness (QED) is 0.348. The van der Waals surface area contributed by atoms with E-state index in [1.54, 1.807) is 9.20 Å². The van der Waals surface area contributed by atoms with Crippen molar-refractivity contribution in [1.29, 1.82) is 0 Å². The molecular weight excluding hydrogens is 506 g/mol. The van der Waals surface area contributed by atoms with Crippen LogP contribution in [0.3, 0.4) is 0 Å². The van der Waals surface area contributed by atoms with E-state index < -0.39 is 0 Å². The molecule has 1 amide bonds. The Kier molecular flexibility index (Phi) is 5.07. The molecule has 2 saturated heterocycles. The Morgan fingerprint density at radius 3 is 2.50 bits per heavy atom. The number of carbonyl (C=O) groups excluding carboxylic acids is 1. The molecule has 3 fully saturated rings. The topological polar surface area (TPSA) is 149 Å². The molecule has 0 unspecified atom stereocenters. The summed E-state index contributed by atoms with van der Waals surface area (Å²) >= 11 is 0. The second kappa shape index (κ2) is 8.70. The summed E-state index contributed by atoms with van der Waals surface area (Å²) in [6.45, 7) is 0. The van der Waals surface area contributed by atoms with Gasteiger partial charge in [0.25, 0.3) is 5.91 Å². The van der Waals surface area contributed by atoms with E-state index in [2.05, 4.69) is 30.4 Å². The Balaban J connectivity index is 1.16. The summed E-state index contributed by atoms with van der Waals surface area (Å²) in [6, 6.07) is 6.26. The number of aromatic nitrogens is 9. The lowest BCUT2D eigenvalue weighted by atomic mass is 9.85. The minimum Gasteiger partial charge on any atom is -0.383 e. The number of hydrogen-bond donors (Lipinski definition) is 2. The van der Waals surface area contributed by atoms with Gasteiger partial charge in [-0.2, -0.15) is 14.7 Å². The maximum Gasteiger partial charge on any atom is 0.292 e. The first-order chi connectivity index (χ1) is 19.5. The third-order valence-electron chi connectivity index (χ3n) is 8.76. The number of H-pyrrole nitrogens is 1. The first kappa shape index (κ1) is 23.3. The number of carbonyl (C=O) groups is 1. The number of fused-ring (bicyclic) bond motifs is 3. The normalized spacial score (nSPS) is 22.3. The fourth-order valence-electron chi connectivity index (χ4n) is 6.77. The van der Waals surface area contributed by atoms with Crippen molar-refractivity contribution >= 4 is 17.4 Å². The third kappa shape index (κ3) is 3.62. The van der Waals surface area contributed by atoms with E-state index in [4.69, 9.17) is 10.7 Å². The molecule has 0 spiro atoms. The molecule has 5 aromatic heterocycles. The standard InChI is InChI=1S/C28H29N11O/c1-37-9-8-22(36-37)21-7-4-16(12-30-21)20-13-33-39-25(29)23(15-2-3-15)24(34-27(20)39)17-10-18-5-6-19(11-17)38(18)28(40)26-31-14-32-35-26/h4,7-9,12-15,17-19H,2-3,5-6,10-11,29H2,1H3,(H,31,32,35)/t17-,18+,19-. The number of pyridine rings is 1. The van der Waals surface area contributed by atoms with E-state index in [9.17, 15) is 4.79 Å². The monoisotopic (exact) mass is 535 g/mol. The average Bonchev–Trinajstić information content (AvgIpc) is 3.31. The van der Waals surface area contributed by atoms with Gasteiger partial charge in [-0.25, -0.2) is 4.98 Å². The van der Waals surface area contributed by atoms with Crippen LogP contribution in [0, 0.1) is 0 Å². The maximum absolute atomic E-state index is 13.2. The van der Waals surface area contributed by atoms with Gasteiger partial charge in [-0.1, -0.05) is 6.07 Å². The summed E-state index contributed by atoms with van der Waals surface area (Å²) in [5.41, 5.74) is 13.3. The second-order valence-electron chi connectivity index (χ2n) is 11.3. The summed E-state index contributed by atoms with van der Waals surface area (Å²) < 4.78 is 3.55. The molecule has 3 N–H and O–H groups in total. The average molecular weight is 536 g/mol.